The maximum absolute atomic E-state index is 13.2. The van der Waals surface area contributed by atoms with Crippen molar-refractivity contribution in [2.24, 2.45) is 0 Å². The Hall–Kier alpha value is -3.07. The van der Waals surface area contributed by atoms with Gasteiger partial charge >= 0.3 is 0 Å². The van der Waals surface area contributed by atoms with Crippen LogP contribution in [0.5, 0.6) is 0 Å². The third kappa shape index (κ3) is 4.27. The predicted molar refractivity (Wildman–Crippen MR) is 90.0 cm³/mol. The summed E-state index contributed by atoms with van der Waals surface area (Å²) in [6.07, 6.45) is 1.49. The monoisotopic (exact) mass is 362 g/mol. The van der Waals surface area contributed by atoms with Gasteiger partial charge in [0.1, 0.15) is 5.82 Å². The molecule has 2 N–H and O–H groups in total. The number of thiol groups is 1. The summed E-state index contributed by atoms with van der Waals surface area (Å²) >= 11 is 0. The van der Waals surface area contributed by atoms with Gasteiger partial charge in [-0.3, -0.25) is 0 Å². The average Bonchev–Trinajstić information content (AvgIpc) is 2.59. The van der Waals surface area contributed by atoms with Gasteiger partial charge in [-0.1, -0.05) is 0 Å². The molecular weight excluding hydrogens is 350 g/mol. The lowest BCUT2D eigenvalue weighted by atomic mass is 10.3. The largest absolute Gasteiger partial charge is 0.340 e. The molecule has 0 saturated carbocycles. The van der Waals surface area contributed by atoms with Crippen molar-refractivity contribution in [1.82, 2.24) is 9.97 Å². The topological polar surface area (TPSA) is 84.0 Å². The normalized spacial score (nSPS) is 10.7. The summed E-state index contributed by atoms with van der Waals surface area (Å²) in [7, 11) is -2.63. The highest BCUT2D eigenvalue weighted by atomic mass is 32.2. The van der Waals surface area contributed by atoms with Crippen molar-refractivity contribution in [1.29, 1.82) is 0 Å². The van der Waals surface area contributed by atoms with Gasteiger partial charge in [-0.15, -0.1) is 0 Å². The molecule has 3 aromatic rings. The molecule has 0 unspecified atom stereocenters. The molecule has 128 valence electrons. The number of rotatable bonds is 5. The molecule has 25 heavy (non-hydrogen) atoms. The van der Waals surface area contributed by atoms with Gasteiger partial charge in [0.05, 0.1) is 4.90 Å². The third-order valence-electron chi connectivity index (χ3n) is 3.18. The number of nitrogens with one attached hydrogen (secondary N) is 2. The Morgan fingerprint density at radius 2 is 1.56 bits per heavy atom. The molecule has 6 nitrogen and oxygen atoms in total. The standard InChI is InChI=1S/C16H12F2N4O2S/c17-13-6-3-11(9-14(13)18)20-15-7-8-19-16(22-15)21-10-1-4-12(5-2-10)25(23)24/h1-9,25H,(H2,19,20,21,22). The van der Waals surface area contributed by atoms with E-state index < -0.39 is 22.3 Å². The van der Waals surface area contributed by atoms with Crippen LogP contribution in [0.15, 0.2) is 59.6 Å². The summed E-state index contributed by atoms with van der Waals surface area (Å²) in [4.78, 5) is 8.46. The molecule has 1 heterocycles. The van der Waals surface area contributed by atoms with Crippen LogP contribution in [0.1, 0.15) is 0 Å². The van der Waals surface area contributed by atoms with E-state index in [1.165, 1.54) is 24.4 Å². The Morgan fingerprint density at radius 3 is 2.24 bits per heavy atom. The first-order valence-electron chi connectivity index (χ1n) is 7.08. The van der Waals surface area contributed by atoms with Crippen LogP contribution in [-0.2, 0) is 10.7 Å². The minimum atomic E-state index is -2.63. The average molecular weight is 362 g/mol. The van der Waals surface area contributed by atoms with E-state index in [1.54, 1.807) is 18.2 Å². The number of hydrogen-bond donors (Lipinski definition) is 3. The Morgan fingerprint density at radius 1 is 0.840 bits per heavy atom. The summed E-state index contributed by atoms with van der Waals surface area (Å²) in [5.41, 5.74) is 0.942. The lowest BCUT2D eigenvalue weighted by Crippen LogP contribution is -2.01. The number of anilines is 4. The molecule has 3 rings (SSSR count). The number of hydrogen-bond acceptors (Lipinski definition) is 6. The molecule has 0 aliphatic rings. The highest BCUT2D eigenvalue weighted by Crippen LogP contribution is 2.19. The maximum Gasteiger partial charge on any atom is 0.229 e. The number of nitrogens with zero attached hydrogens (tertiary/aromatic N) is 2. The van der Waals surface area contributed by atoms with Crippen LogP contribution >= 0.6 is 0 Å². The lowest BCUT2D eigenvalue weighted by molar-refractivity contribution is 0.509. The third-order valence-corrected chi connectivity index (χ3v) is 3.90. The van der Waals surface area contributed by atoms with Crippen molar-refractivity contribution in [2.45, 2.75) is 4.90 Å². The van der Waals surface area contributed by atoms with Gasteiger partial charge in [-0.05, 0) is 42.5 Å². The van der Waals surface area contributed by atoms with E-state index in [1.807, 2.05) is 0 Å². The molecule has 0 amide bonds. The zero-order valence-electron chi connectivity index (χ0n) is 12.6. The van der Waals surface area contributed by atoms with E-state index in [9.17, 15) is 17.2 Å². The zero-order valence-corrected chi connectivity index (χ0v) is 13.5. The molecule has 2 aromatic carbocycles. The van der Waals surface area contributed by atoms with Gasteiger partial charge in [0.15, 0.2) is 22.3 Å². The van der Waals surface area contributed by atoms with E-state index in [2.05, 4.69) is 20.6 Å². The second-order valence-corrected chi connectivity index (χ2v) is 5.98. The van der Waals surface area contributed by atoms with Gasteiger partial charge in [0.2, 0.25) is 5.95 Å². The molecular formula is C16H12F2N4O2S. The van der Waals surface area contributed by atoms with Gasteiger partial charge in [0, 0.05) is 23.6 Å². The molecule has 0 saturated heterocycles. The summed E-state index contributed by atoms with van der Waals surface area (Å²) in [6.45, 7) is 0. The molecule has 0 aliphatic carbocycles. The second-order valence-electron chi connectivity index (χ2n) is 4.95. The maximum atomic E-state index is 13.2. The highest BCUT2D eigenvalue weighted by molar-refractivity contribution is 7.72. The second kappa shape index (κ2) is 7.22. The van der Waals surface area contributed by atoms with Crippen LogP contribution in [0.3, 0.4) is 0 Å². The Bertz CT molecular complexity index is 970. The van der Waals surface area contributed by atoms with Gasteiger partial charge < -0.3 is 10.6 Å². The van der Waals surface area contributed by atoms with Crippen LogP contribution in [0, 0.1) is 11.6 Å². The summed E-state index contributed by atoms with van der Waals surface area (Å²) < 4.78 is 47.9. The van der Waals surface area contributed by atoms with Crippen LogP contribution < -0.4 is 10.6 Å². The van der Waals surface area contributed by atoms with Gasteiger partial charge in [-0.2, -0.15) is 4.98 Å². The zero-order chi connectivity index (χ0) is 17.8. The SMILES string of the molecule is O=[SH](=O)c1ccc(Nc2nccc(Nc3ccc(F)c(F)c3)n2)cc1. The minimum absolute atomic E-state index is 0.204. The van der Waals surface area contributed by atoms with E-state index >= 15 is 0 Å². The highest BCUT2D eigenvalue weighted by Gasteiger charge is 2.05. The van der Waals surface area contributed by atoms with E-state index in [0.717, 1.165) is 12.1 Å². The molecule has 0 bridgehead atoms. The summed E-state index contributed by atoms with van der Waals surface area (Å²) in [5, 5.41) is 5.77. The summed E-state index contributed by atoms with van der Waals surface area (Å²) in [5.74, 6) is -1.26. The Kier molecular flexibility index (Phi) is 4.85. The first kappa shape index (κ1) is 16.8. The van der Waals surface area contributed by atoms with Crippen molar-refractivity contribution in [2.75, 3.05) is 10.6 Å². The van der Waals surface area contributed by atoms with Crippen molar-refractivity contribution in [3.05, 3.63) is 66.4 Å². The van der Waals surface area contributed by atoms with Crippen molar-refractivity contribution in [3.63, 3.8) is 0 Å². The molecule has 9 heteroatoms. The molecule has 0 spiro atoms. The van der Waals surface area contributed by atoms with Crippen LogP contribution in [-0.4, -0.2) is 18.4 Å². The smallest absolute Gasteiger partial charge is 0.229 e. The van der Waals surface area contributed by atoms with Crippen LogP contribution in [0.25, 0.3) is 0 Å². The lowest BCUT2D eigenvalue weighted by Gasteiger charge is -2.09. The molecule has 0 radical (unpaired) electrons. The van der Waals surface area contributed by atoms with Gasteiger partial charge in [0.25, 0.3) is 0 Å². The number of benzene rings is 2. The number of halogens is 2. The first-order chi connectivity index (χ1) is 12.0. The first-order valence-corrected chi connectivity index (χ1v) is 8.25. The molecule has 1 aromatic heterocycles. The van der Waals surface area contributed by atoms with Crippen molar-refractivity contribution in [3.8, 4) is 0 Å². The fourth-order valence-corrected chi connectivity index (χ4v) is 2.40. The fraction of sp³-hybridized carbons (Fsp3) is 0. The van der Waals surface area contributed by atoms with Crippen LogP contribution in [0.4, 0.5) is 31.9 Å². The quantitative estimate of drug-likeness (QED) is 0.605. The van der Waals surface area contributed by atoms with E-state index in [-0.39, 0.29) is 10.8 Å². The van der Waals surface area contributed by atoms with Crippen LogP contribution in [0.2, 0.25) is 0 Å². The van der Waals surface area contributed by atoms with Crippen molar-refractivity contribution >= 4 is 33.8 Å². The van der Waals surface area contributed by atoms with E-state index in [0.29, 0.717) is 17.2 Å². The minimum Gasteiger partial charge on any atom is -0.340 e. The molecule has 0 atom stereocenters. The Labute approximate surface area is 143 Å². The van der Waals surface area contributed by atoms with Crippen molar-refractivity contribution < 1.29 is 17.2 Å². The molecule has 0 aliphatic heterocycles. The molecule has 0 fully saturated rings. The van der Waals surface area contributed by atoms with Gasteiger partial charge in [-0.25, -0.2) is 22.2 Å². The Balaban J connectivity index is 1.75. The van der Waals surface area contributed by atoms with E-state index in [4.69, 9.17) is 0 Å². The predicted octanol–water partition coefficient (Wildman–Crippen LogP) is 3.21. The summed E-state index contributed by atoms with van der Waals surface area (Å²) in [6, 6.07) is 11.1. The fourth-order valence-electron chi connectivity index (χ4n) is 2.01. The number of aromatic nitrogens is 2.